The third-order valence-electron chi connectivity index (χ3n) is 5.65. The highest BCUT2D eigenvalue weighted by Crippen LogP contribution is 2.25. The highest BCUT2D eigenvalue weighted by Gasteiger charge is 2.39. The largest absolute Gasteiger partial charge is 0.480 e. The summed E-state index contributed by atoms with van der Waals surface area (Å²) in [6, 6.07) is 4.86. The molecule has 1 heterocycles. The van der Waals surface area contributed by atoms with E-state index in [4.69, 9.17) is 0 Å². The Morgan fingerprint density at radius 1 is 1.18 bits per heavy atom. The topological polar surface area (TPSA) is 116 Å². The Morgan fingerprint density at radius 2 is 1.85 bits per heavy atom. The van der Waals surface area contributed by atoms with Gasteiger partial charge in [-0.3, -0.25) is 14.4 Å². The van der Waals surface area contributed by atoms with Gasteiger partial charge in [0.2, 0.25) is 17.7 Å². The summed E-state index contributed by atoms with van der Waals surface area (Å²) < 4.78 is 0. The van der Waals surface area contributed by atoms with Crippen LogP contribution in [0.3, 0.4) is 0 Å². The Kier molecular flexibility index (Phi) is 10.6. The van der Waals surface area contributed by atoms with Crippen LogP contribution in [0.5, 0.6) is 0 Å². The van der Waals surface area contributed by atoms with E-state index in [1.165, 1.54) is 16.7 Å². The number of amides is 3. The van der Waals surface area contributed by atoms with E-state index >= 15 is 0 Å². The van der Waals surface area contributed by atoms with Crippen LogP contribution in [0, 0.1) is 5.92 Å². The summed E-state index contributed by atoms with van der Waals surface area (Å²) in [7, 11) is 0. The van der Waals surface area contributed by atoms with Gasteiger partial charge in [-0.25, -0.2) is 4.79 Å². The average molecular weight is 496 g/mol. The molecule has 0 radical (unpaired) electrons. The molecule has 0 saturated carbocycles. The molecule has 0 spiro atoms. The van der Waals surface area contributed by atoms with Crippen molar-refractivity contribution in [2.75, 3.05) is 17.8 Å². The second-order valence-corrected chi connectivity index (χ2v) is 9.83. The number of aliphatic carboxylic acids is 1. The number of carboxylic acids is 1. The maximum absolute atomic E-state index is 13.6. The lowest BCUT2D eigenvalue weighted by Crippen LogP contribution is -2.60. The van der Waals surface area contributed by atoms with E-state index in [0.717, 1.165) is 11.1 Å². The number of nitrogens with zero attached hydrogens (tertiary/aromatic N) is 1. The highest BCUT2D eigenvalue weighted by atomic mass is 32.2. The fraction of sp³-hybridized carbons (Fsp3) is 0.565. The number of benzene rings is 1. The molecule has 0 saturated heterocycles. The quantitative estimate of drug-likeness (QED) is 0.348. The molecule has 3 N–H and O–H groups in total. The van der Waals surface area contributed by atoms with Gasteiger partial charge in [0, 0.05) is 19.4 Å². The second kappa shape index (κ2) is 12.9. The van der Waals surface area contributed by atoms with Gasteiger partial charge in [0.25, 0.3) is 0 Å². The number of nitrogens with one attached hydrogen (secondary N) is 2. The predicted molar refractivity (Wildman–Crippen MR) is 132 cm³/mol. The van der Waals surface area contributed by atoms with Crippen molar-refractivity contribution in [2.45, 2.75) is 57.8 Å². The van der Waals surface area contributed by atoms with Gasteiger partial charge in [0.05, 0.1) is 0 Å². The summed E-state index contributed by atoms with van der Waals surface area (Å²) in [6.45, 7) is 3.88. The van der Waals surface area contributed by atoms with Crippen LogP contribution in [0.1, 0.15) is 37.8 Å². The molecule has 33 heavy (non-hydrogen) atoms. The molecular formula is C23H33N3O5S2. The highest BCUT2D eigenvalue weighted by molar-refractivity contribution is 7.98. The molecule has 1 aliphatic heterocycles. The van der Waals surface area contributed by atoms with Crippen LogP contribution in [0.4, 0.5) is 0 Å². The van der Waals surface area contributed by atoms with Crippen LogP contribution in [0.25, 0.3) is 0 Å². The number of carbonyl (C=O) groups is 4. The van der Waals surface area contributed by atoms with E-state index in [-0.39, 0.29) is 43.5 Å². The summed E-state index contributed by atoms with van der Waals surface area (Å²) in [5.74, 6) is -1.50. The number of thioether (sulfide) groups is 1. The predicted octanol–water partition coefficient (Wildman–Crippen LogP) is 1.72. The molecular weight excluding hydrogens is 462 g/mol. The van der Waals surface area contributed by atoms with E-state index in [0.29, 0.717) is 11.5 Å². The standard InChI is InChI=1S/C23H33N3O5S2/c1-14(2)20(25-19(27)8-10-32)22(29)26-13-16-7-5-4-6-15(16)12-18(26)21(28)24-17(23(30)31)9-11-33-3/h4-7,14,17-18,20,32H,8-13H2,1-3H3,(H,24,28)(H,25,27)(H,30,31)/t17?,18?,20-/m0/s1. The Labute approximate surface area is 204 Å². The number of hydrogen-bond acceptors (Lipinski definition) is 6. The Bertz CT molecular complexity index is 864. The van der Waals surface area contributed by atoms with E-state index in [1.54, 1.807) is 0 Å². The minimum Gasteiger partial charge on any atom is -0.480 e. The Morgan fingerprint density at radius 3 is 2.42 bits per heavy atom. The lowest BCUT2D eigenvalue weighted by Gasteiger charge is -2.39. The van der Waals surface area contributed by atoms with Gasteiger partial charge in [-0.05, 0) is 41.2 Å². The van der Waals surface area contributed by atoms with Crippen LogP contribution in [0.15, 0.2) is 24.3 Å². The molecule has 8 nitrogen and oxygen atoms in total. The van der Waals surface area contributed by atoms with Crippen molar-refractivity contribution in [3.63, 3.8) is 0 Å². The molecule has 1 aromatic rings. The smallest absolute Gasteiger partial charge is 0.326 e. The normalized spacial score (nSPS) is 17.1. The van der Waals surface area contributed by atoms with Gasteiger partial charge in [-0.15, -0.1) is 0 Å². The third kappa shape index (κ3) is 7.40. The zero-order valence-electron chi connectivity index (χ0n) is 19.2. The number of fused-ring (bicyclic) bond motifs is 1. The Hall–Kier alpha value is -2.20. The van der Waals surface area contributed by atoms with E-state index < -0.39 is 30.0 Å². The first-order valence-corrected chi connectivity index (χ1v) is 13.0. The van der Waals surface area contributed by atoms with Crippen molar-refractivity contribution < 1.29 is 24.3 Å². The van der Waals surface area contributed by atoms with Crippen LogP contribution in [0.2, 0.25) is 0 Å². The van der Waals surface area contributed by atoms with E-state index in [9.17, 15) is 24.3 Å². The van der Waals surface area contributed by atoms with Gasteiger partial charge in [0.15, 0.2) is 0 Å². The number of thiol groups is 1. The molecule has 0 bridgehead atoms. The van der Waals surface area contributed by atoms with Crippen LogP contribution >= 0.6 is 24.4 Å². The van der Waals surface area contributed by atoms with Crippen molar-refractivity contribution in [2.24, 2.45) is 5.92 Å². The third-order valence-corrected chi connectivity index (χ3v) is 6.52. The van der Waals surface area contributed by atoms with Gasteiger partial charge in [-0.2, -0.15) is 24.4 Å². The molecule has 1 aromatic carbocycles. The molecule has 3 amide bonds. The fourth-order valence-corrected chi connectivity index (χ4v) is 4.46. The second-order valence-electron chi connectivity index (χ2n) is 8.40. The van der Waals surface area contributed by atoms with Crippen LogP contribution in [-0.4, -0.2) is 69.6 Å². The molecule has 10 heteroatoms. The molecule has 2 unspecified atom stereocenters. The number of carbonyl (C=O) groups excluding carboxylic acids is 3. The molecule has 182 valence electrons. The maximum Gasteiger partial charge on any atom is 0.326 e. The van der Waals surface area contributed by atoms with Gasteiger partial charge >= 0.3 is 5.97 Å². The van der Waals surface area contributed by atoms with Crippen LogP contribution in [-0.2, 0) is 32.1 Å². The first kappa shape index (κ1) is 27.0. The summed E-state index contributed by atoms with van der Waals surface area (Å²) in [5.41, 5.74) is 1.87. The lowest BCUT2D eigenvalue weighted by atomic mass is 9.91. The number of carboxylic acid groups (broad SMARTS) is 1. The fourth-order valence-electron chi connectivity index (χ4n) is 3.79. The molecule has 2 rings (SSSR count). The van der Waals surface area contributed by atoms with Crippen molar-refractivity contribution in [3.8, 4) is 0 Å². The molecule has 1 aliphatic rings. The summed E-state index contributed by atoms with van der Waals surface area (Å²) in [5, 5.41) is 14.9. The van der Waals surface area contributed by atoms with E-state index in [2.05, 4.69) is 23.3 Å². The number of hydrogen-bond donors (Lipinski definition) is 4. The Balaban J connectivity index is 2.33. The first-order chi connectivity index (χ1) is 15.7. The van der Waals surface area contributed by atoms with Crippen molar-refractivity contribution >= 4 is 48.1 Å². The molecule has 0 fully saturated rings. The maximum atomic E-state index is 13.6. The lowest BCUT2D eigenvalue weighted by molar-refractivity contribution is -0.147. The summed E-state index contributed by atoms with van der Waals surface area (Å²) in [6.07, 6.45) is 2.61. The minimum atomic E-state index is -1.11. The molecule has 3 atom stereocenters. The SMILES string of the molecule is CSCCC(NC(=O)C1Cc2ccccc2CN1C(=O)[C@@H](NC(=O)CCS)C(C)C)C(=O)O. The zero-order chi connectivity index (χ0) is 24.5. The van der Waals surface area contributed by atoms with Crippen molar-refractivity contribution in [3.05, 3.63) is 35.4 Å². The van der Waals surface area contributed by atoms with Gasteiger partial charge in [-0.1, -0.05) is 38.1 Å². The van der Waals surface area contributed by atoms with E-state index in [1.807, 2.05) is 44.4 Å². The van der Waals surface area contributed by atoms with Crippen LogP contribution < -0.4 is 10.6 Å². The summed E-state index contributed by atoms with van der Waals surface area (Å²) in [4.78, 5) is 52.2. The molecule has 0 aromatic heterocycles. The molecule has 0 aliphatic carbocycles. The zero-order valence-corrected chi connectivity index (χ0v) is 21.0. The monoisotopic (exact) mass is 495 g/mol. The number of rotatable bonds is 11. The van der Waals surface area contributed by atoms with Gasteiger partial charge in [0.1, 0.15) is 18.1 Å². The van der Waals surface area contributed by atoms with Crippen molar-refractivity contribution in [1.82, 2.24) is 15.5 Å². The van der Waals surface area contributed by atoms with Crippen molar-refractivity contribution in [1.29, 1.82) is 0 Å². The average Bonchev–Trinajstić information content (AvgIpc) is 2.78. The first-order valence-electron chi connectivity index (χ1n) is 11.0. The van der Waals surface area contributed by atoms with Gasteiger partial charge < -0.3 is 20.6 Å². The minimum absolute atomic E-state index is 0.183. The summed E-state index contributed by atoms with van der Waals surface area (Å²) >= 11 is 5.57.